The van der Waals surface area contributed by atoms with E-state index in [-0.39, 0.29) is 5.91 Å². The maximum Gasteiger partial charge on any atom is 0.250 e. The van der Waals surface area contributed by atoms with Crippen molar-refractivity contribution >= 4 is 22.7 Å². The number of fused-ring (bicyclic) bond motifs is 1. The van der Waals surface area contributed by atoms with Crippen LogP contribution in [0.1, 0.15) is 35.2 Å². The van der Waals surface area contributed by atoms with Crippen molar-refractivity contribution < 1.29 is 9.59 Å². The van der Waals surface area contributed by atoms with Crippen molar-refractivity contribution in [3.05, 3.63) is 29.5 Å². The number of carbonyl (C=O) groups excluding carboxylic acids is 2. The van der Waals surface area contributed by atoms with Gasteiger partial charge in [0.1, 0.15) is 0 Å². The highest BCUT2D eigenvalue weighted by molar-refractivity contribution is 6.04. The lowest BCUT2D eigenvalue weighted by atomic mass is 10.0. The van der Waals surface area contributed by atoms with Gasteiger partial charge in [0.15, 0.2) is 0 Å². The third-order valence-corrected chi connectivity index (χ3v) is 5.99. The molecule has 3 heterocycles. The van der Waals surface area contributed by atoms with Gasteiger partial charge in [-0.05, 0) is 50.0 Å². The number of nitrogens with two attached hydrogens (primary N) is 1. The minimum atomic E-state index is -0.489. The summed E-state index contributed by atoms with van der Waals surface area (Å²) in [6.07, 6.45) is 5.11. The van der Waals surface area contributed by atoms with E-state index in [1.54, 1.807) is 12.3 Å². The van der Waals surface area contributed by atoms with Crippen molar-refractivity contribution in [2.24, 2.45) is 5.73 Å². The van der Waals surface area contributed by atoms with Crippen LogP contribution in [0.15, 0.2) is 18.3 Å². The second-order valence-electron chi connectivity index (χ2n) is 7.74. The van der Waals surface area contributed by atoms with E-state index in [0.29, 0.717) is 30.0 Å². The number of benzene rings is 1. The quantitative estimate of drug-likeness (QED) is 0.695. The molecule has 0 unspecified atom stereocenters. The smallest absolute Gasteiger partial charge is 0.250 e. The molecular formula is C20H28N6O2. The molecule has 0 atom stereocenters. The van der Waals surface area contributed by atoms with Crippen LogP contribution in [0.2, 0.25) is 0 Å². The number of aryl methyl sites for hydroxylation is 1. The molecule has 1 aromatic heterocycles. The fraction of sp³-hybridized carbons (Fsp3) is 0.550. The van der Waals surface area contributed by atoms with Gasteiger partial charge in [-0.15, -0.1) is 0 Å². The van der Waals surface area contributed by atoms with Crippen LogP contribution >= 0.6 is 0 Å². The largest absolute Gasteiger partial charge is 0.366 e. The van der Waals surface area contributed by atoms with Crippen molar-refractivity contribution in [2.75, 3.05) is 39.3 Å². The number of carbonyl (C=O) groups is 2. The summed E-state index contributed by atoms with van der Waals surface area (Å²) in [5.41, 5.74) is 7.49. The molecule has 150 valence electrons. The van der Waals surface area contributed by atoms with Crippen molar-refractivity contribution in [2.45, 2.75) is 31.7 Å². The zero-order chi connectivity index (χ0) is 19.5. The molecule has 2 aliphatic rings. The number of hydrogen-bond acceptors (Lipinski definition) is 5. The summed E-state index contributed by atoms with van der Waals surface area (Å²) in [7, 11) is 0. The van der Waals surface area contributed by atoms with Crippen molar-refractivity contribution in [3.63, 3.8) is 0 Å². The standard InChI is InChI=1S/C20H28N6O2/c21-20(28)17-12-14(11-15-13-23-24-19(15)17)1-2-18(27)26-9-7-25(8-10-26)16-3-5-22-6-4-16/h11-13,16,22H,1-10H2,(H2,21,28)(H,23,24). The number of nitrogens with one attached hydrogen (secondary N) is 2. The van der Waals surface area contributed by atoms with E-state index in [1.807, 2.05) is 11.0 Å². The number of aromatic nitrogens is 2. The van der Waals surface area contributed by atoms with E-state index in [0.717, 1.165) is 50.2 Å². The molecule has 28 heavy (non-hydrogen) atoms. The molecule has 2 aliphatic heterocycles. The van der Waals surface area contributed by atoms with Crippen LogP contribution in [0, 0.1) is 0 Å². The number of H-pyrrole nitrogens is 1. The van der Waals surface area contributed by atoms with Crippen LogP contribution in [-0.2, 0) is 11.2 Å². The first-order chi connectivity index (χ1) is 13.6. The monoisotopic (exact) mass is 384 g/mol. The van der Waals surface area contributed by atoms with Gasteiger partial charge in [0.05, 0.1) is 17.3 Å². The molecule has 2 amide bonds. The first kappa shape index (κ1) is 18.9. The molecule has 8 heteroatoms. The molecule has 0 bridgehead atoms. The van der Waals surface area contributed by atoms with Crippen molar-refractivity contribution in [3.8, 4) is 0 Å². The lowest BCUT2D eigenvalue weighted by Gasteiger charge is -2.41. The molecular weight excluding hydrogens is 356 g/mol. The molecule has 1 aromatic carbocycles. The Labute approximate surface area is 164 Å². The normalized spacial score (nSPS) is 19.2. The molecule has 0 saturated carbocycles. The van der Waals surface area contributed by atoms with Gasteiger partial charge in [0.25, 0.3) is 5.91 Å². The molecule has 0 radical (unpaired) electrons. The van der Waals surface area contributed by atoms with E-state index >= 15 is 0 Å². The Hall–Kier alpha value is -2.45. The van der Waals surface area contributed by atoms with Crippen LogP contribution < -0.4 is 11.1 Å². The third-order valence-electron chi connectivity index (χ3n) is 5.99. The summed E-state index contributed by atoms with van der Waals surface area (Å²) < 4.78 is 0. The Morgan fingerprint density at radius 1 is 1.14 bits per heavy atom. The molecule has 8 nitrogen and oxygen atoms in total. The highest BCUT2D eigenvalue weighted by Gasteiger charge is 2.26. The zero-order valence-electron chi connectivity index (χ0n) is 16.1. The highest BCUT2D eigenvalue weighted by Crippen LogP contribution is 2.20. The molecule has 4 rings (SSSR count). The Balaban J connectivity index is 1.32. The summed E-state index contributed by atoms with van der Waals surface area (Å²) in [6.45, 7) is 5.72. The number of rotatable bonds is 5. The highest BCUT2D eigenvalue weighted by atomic mass is 16.2. The van der Waals surface area contributed by atoms with Gasteiger partial charge < -0.3 is 16.0 Å². The number of hydrogen-bond donors (Lipinski definition) is 3. The van der Waals surface area contributed by atoms with Crippen LogP contribution in [0.25, 0.3) is 10.9 Å². The van der Waals surface area contributed by atoms with E-state index in [9.17, 15) is 9.59 Å². The van der Waals surface area contributed by atoms with E-state index in [2.05, 4.69) is 20.4 Å². The summed E-state index contributed by atoms with van der Waals surface area (Å²) in [4.78, 5) is 28.9. The second-order valence-corrected chi connectivity index (χ2v) is 7.74. The average Bonchev–Trinajstić information content (AvgIpc) is 3.20. The zero-order valence-corrected chi connectivity index (χ0v) is 16.1. The Kier molecular flexibility index (Phi) is 5.59. The summed E-state index contributed by atoms with van der Waals surface area (Å²) in [5.74, 6) is -0.311. The van der Waals surface area contributed by atoms with E-state index < -0.39 is 5.91 Å². The predicted octanol–water partition coefficient (Wildman–Crippen LogP) is 0.491. The van der Waals surface area contributed by atoms with Gasteiger partial charge in [0.2, 0.25) is 5.91 Å². The molecule has 4 N–H and O–H groups in total. The van der Waals surface area contributed by atoms with Gasteiger partial charge in [-0.2, -0.15) is 5.10 Å². The van der Waals surface area contributed by atoms with Crippen LogP contribution in [-0.4, -0.2) is 77.1 Å². The fourth-order valence-corrected chi connectivity index (χ4v) is 4.38. The lowest BCUT2D eigenvalue weighted by molar-refractivity contribution is -0.133. The minimum absolute atomic E-state index is 0.179. The first-order valence-corrected chi connectivity index (χ1v) is 10.1. The van der Waals surface area contributed by atoms with E-state index in [4.69, 9.17) is 5.73 Å². The fourth-order valence-electron chi connectivity index (χ4n) is 4.38. The van der Waals surface area contributed by atoms with Crippen LogP contribution in [0.4, 0.5) is 0 Å². The maximum absolute atomic E-state index is 12.7. The molecule has 2 fully saturated rings. The first-order valence-electron chi connectivity index (χ1n) is 10.1. The summed E-state index contributed by atoms with van der Waals surface area (Å²) in [6, 6.07) is 4.39. The predicted molar refractivity (Wildman–Crippen MR) is 107 cm³/mol. The average molecular weight is 384 g/mol. The van der Waals surface area contributed by atoms with Gasteiger partial charge in [-0.3, -0.25) is 19.6 Å². The van der Waals surface area contributed by atoms with Crippen molar-refractivity contribution in [1.82, 2.24) is 25.3 Å². The number of piperidine rings is 1. The maximum atomic E-state index is 12.7. The lowest BCUT2D eigenvalue weighted by Crippen LogP contribution is -2.54. The molecule has 0 spiro atoms. The number of aromatic amines is 1. The van der Waals surface area contributed by atoms with Gasteiger partial charge in [-0.1, -0.05) is 0 Å². The Morgan fingerprint density at radius 2 is 1.89 bits per heavy atom. The van der Waals surface area contributed by atoms with Gasteiger partial charge >= 0.3 is 0 Å². The summed E-state index contributed by atoms with van der Waals surface area (Å²) in [5, 5.41) is 11.0. The molecule has 2 saturated heterocycles. The molecule has 2 aromatic rings. The van der Waals surface area contributed by atoms with Crippen LogP contribution in [0.3, 0.4) is 0 Å². The van der Waals surface area contributed by atoms with Gasteiger partial charge in [-0.25, -0.2) is 0 Å². The minimum Gasteiger partial charge on any atom is -0.366 e. The van der Waals surface area contributed by atoms with Crippen molar-refractivity contribution in [1.29, 1.82) is 0 Å². The third kappa shape index (κ3) is 4.02. The number of primary amides is 1. The topological polar surface area (TPSA) is 107 Å². The number of nitrogens with zero attached hydrogens (tertiary/aromatic N) is 3. The Bertz CT molecular complexity index is 849. The number of amides is 2. The number of piperazine rings is 1. The van der Waals surface area contributed by atoms with E-state index in [1.165, 1.54) is 12.8 Å². The summed E-state index contributed by atoms with van der Waals surface area (Å²) >= 11 is 0. The van der Waals surface area contributed by atoms with Crippen LogP contribution in [0.5, 0.6) is 0 Å². The Morgan fingerprint density at radius 3 is 2.61 bits per heavy atom. The molecule has 0 aliphatic carbocycles. The van der Waals surface area contributed by atoms with Gasteiger partial charge in [0, 0.05) is 44.0 Å². The SMILES string of the molecule is NC(=O)c1cc(CCC(=O)N2CCN(C3CCNCC3)CC2)cc2cn[nH]c12. The second kappa shape index (κ2) is 8.28.